The molecule has 0 saturated carbocycles. The molecule has 1 unspecified atom stereocenters. The minimum atomic E-state index is 0.728. The lowest BCUT2D eigenvalue weighted by molar-refractivity contribution is 0.382. The molecular weight excluding hydrogens is 210 g/mol. The first-order valence-corrected chi connectivity index (χ1v) is 6.66. The fourth-order valence-electron chi connectivity index (χ4n) is 2.61. The first-order valence-electron chi connectivity index (χ1n) is 6.66. The second kappa shape index (κ2) is 6.06. The zero-order valence-electron chi connectivity index (χ0n) is 11.0. The van der Waals surface area contributed by atoms with Gasteiger partial charge in [-0.25, -0.2) is 0 Å². The number of piperidine rings is 1. The van der Waals surface area contributed by atoms with Gasteiger partial charge in [0, 0.05) is 6.04 Å². The van der Waals surface area contributed by atoms with Gasteiger partial charge in [0.25, 0.3) is 0 Å². The van der Waals surface area contributed by atoms with Crippen LogP contribution in [-0.2, 0) is 6.42 Å². The summed E-state index contributed by atoms with van der Waals surface area (Å²) in [6, 6.07) is 7.25. The summed E-state index contributed by atoms with van der Waals surface area (Å²) in [4.78, 5) is 0. The predicted octanol–water partition coefficient (Wildman–Crippen LogP) is 3.08. The van der Waals surface area contributed by atoms with Gasteiger partial charge in [-0.05, 0) is 56.3 Å². The van der Waals surface area contributed by atoms with Crippen molar-refractivity contribution in [3.63, 3.8) is 0 Å². The molecule has 1 heterocycles. The zero-order chi connectivity index (χ0) is 12.1. The van der Waals surface area contributed by atoms with Gasteiger partial charge in [-0.2, -0.15) is 0 Å². The molecule has 1 aromatic rings. The van der Waals surface area contributed by atoms with Crippen molar-refractivity contribution in [2.45, 2.75) is 45.1 Å². The smallest absolute Gasteiger partial charge is 0.121 e. The highest BCUT2D eigenvalue weighted by molar-refractivity contribution is 5.36. The number of rotatable bonds is 4. The van der Waals surface area contributed by atoms with Gasteiger partial charge in [0.15, 0.2) is 0 Å². The molecule has 0 aliphatic carbocycles. The lowest BCUT2D eigenvalue weighted by Crippen LogP contribution is -2.34. The average molecular weight is 233 g/mol. The molecule has 0 spiro atoms. The fraction of sp³-hybridized carbons (Fsp3) is 0.600. The molecule has 94 valence electrons. The Bertz CT molecular complexity index is 356. The molecule has 1 atom stereocenters. The fourth-order valence-corrected chi connectivity index (χ4v) is 2.61. The summed E-state index contributed by atoms with van der Waals surface area (Å²) >= 11 is 0. The molecule has 1 fully saturated rings. The van der Waals surface area contributed by atoms with Crippen LogP contribution < -0.4 is 10.1 Å². The van der Waals surface area contributed by atoms with E-state index >= 15 is 0 Å². The van der Waals surface area contributed by atoms with Crippen LogP contribution >= 0.6 is 0 Å². The summed E-state index contributed by atoms with van der Waals surface area (Å²) in [5.41, 5.74) is 2.66. The van der Waals surface area contributed by atoms with Crippen LogP contribution in [0.25, 0.3) is 0 Å². The van der Waals surface area contributed by atoms with E-state index in [0.717, 1.165) is 11.8 Å². The number of ether oxygens (including phenoxy) is 1. The number of benzene rings is 1. The number of methoxy groups -OCH3 is 1. The summed E-state index contributed by atoms with van der Waals surface area (Å²) in [5.74, 6) is 0.990. The van der Waals surface area contributed by atoms with E-state index in [-0.39, 0.29) is 0 Å². The van der Waals surface area contributed by atoms with Crippen LogP contribution in [0.1, 0.15) is 36.8 Å². The van der Waals surface area contributed by atoms with Gasteiger partial charge in [-0.15, -0.1) is 0 Å². The molecule has 0 amide bonds. The highest BCUT2D eigenvalue weighted by Crippen LogP contribution is 2.20. The molecule has 1 aliphatic rings. The lowest BCUT2D eigenvalue weighted by atomic mass is 9.97. The number of aryl methyl sites for hydroxylation is 2. The SMILES string of the molecule is COc1ccc(CCC2CCCCN2)cc1C. The van der Waals surface area contributed by atoms with Crippen molar-refractivity contribution in [3.05, 3.63) is 29.3 Å². The maximum absolute atomic E-state index is 5.28. The first-order chi connectivity index (χ1) is 8.29. The highest BCUT2D eigenvalue weighted by atomic mass is 16.5. The molecule has 1 saturated heterocycles. The number of hydrogen-bond donors (Lipinski definition) is 1. The molecule has 1 N–H and O–H groups in total. The Morgan fingerprint density at radius 3 is 2.88 bits per heavy atom. The van der Waals surface area contributed by atoms with Crippen molar-refractivity contribution >= 4 is 0 Å². The molecule has 2 nitrogen and oxygen atoms in total. The first kappa shape index (κ1) is 12.4. The Balaban J connectivity index is 1.87. The van der Waals surface area contributed by atoms with Crippen LogP contribution in [0.2, 0.25) is 0 Å². The van der Waals surface area contributed by atoms with Crippen molar-refractivity contribution in [2.75, 3.05) is 13.7 Å². The van der Waals surface area contributed by atoms with Crippen LogP contribution in [-0.4, -0.2) is 19.7 Å². The molecule has 0 radical (unpaired) electrons. The molecule has 17 heavy (non-hydrogen) atoms. The Kier molecular flexibility index (Phi) is 4.43. The summed E-state index contributed by atoms with van der Waals surface area (Å²) in [6.45, 7) is 3.31. The third-order valence-corrected chi connectivity index (χ3v) is 3.65. The van der Waals surface area contributed by atoms with E-state index in [0.29, 0.717) is 0 Å². The summed E-state index contributed by atoms with van der Waals surface area (Å²) in [7, 11) is 1.73. The van der Waals surface area contributed by atoms with Gasteiger partial charge in [-0.1, -0.05) is 18.6 Å². The normalized spacial score (nSPS) is 20.2. The Morgan fingerprint density at radius 2 is 2.24 bits per heavy atom. The summed E-state index contributed by atoms with van der Waals surface area (Å²) < 4.78 is 5.28. The maximum atomic E-state index is 5.28. The van der Waals surface area contributed by atoms with Crippen molar-refractivity contribution < 1.29 is 4.74 Å². The van der Waals surface area contributed by atoms with E-state index in [2.05, 4.69) is 30.4 Å². The van der Waals surface area contributed by atoms with Gasteiger partial charge >= 0.3 is 0 Å². The van der Waals surface area contributed by atoms with Crippen LogP contribution in [0.3, 0.4) is 0 Å². The molecule has 0 bridgehead atoms. The van der Waals surface area contributed by atoms with Gasteiger partial charge in [-0.3, -0.25) is 0 Å². The van der Waals surface area contributed by atoms with E-state index in [9.17, 15) is 0 Å². The quantitative estimate of drug-likeness (QED) is 0.863. The Labute approximate surface area is 104 Å². The second-order valence-electron chi connectivity index (χ2n) is 4.99. The standard InChI is InChI=1S/C15H23NO/c1-12-11-13(7-9-15(12)17-2)6-8-14-5-3-4-10-16-14/h7,9,11,14,16H,3-6,8,10H2,1-2H3. The number of nitrogens with one attached hydrogen (secondary N) is 1. The number of hydrogen-bond acceptors (Lipinski definition) is 2. The van der Waals surface area contributed by atoms with E-state index in [1.165, 1.54) is 49.8 Å². The Morgan fingerprint density at radius 1 is 1.35 bits per heavy atom. The third kappa shape index (κ3) is 3.47. The highest BCUT2D eigenvalue weighted by Gasteiger charge is 2.12. The van der Waals surface area contributed by atoms with Crippen LogP contribution in [0, 0.1) is 6.92 Å². The molecule has 0 aromatic heterocycles. The van der Waals surface area contributed by atoms with Crippen molar-refractivity contribution in [1.82, 2.24) is 5.32 Å². The zero-order valence-corrected chi connectivity index (χ0v) is 11.0. The van der Waals surface area contributed by atoms with Crippen molar-refractivity contribution in [1.29, 1.82) is 0 Å². The third-order valence-electron chi connectivity index (χ3n) is 3.65. The monoisotopic (exact) mass is 233 g/mol. The minimum Gasteiger partial charge on any atom is -0.496 e. The average Bonchev–Trinajstić information content (AvgIpc) is 2.38. The topological polar surface area (TPSA) is 21.3 Å². The van der Waals surface area contributed by atoms with Crippen molar-refractivity contribution in [2.24, 2.45) is 0 Å². The van der Waals surface area contributed by atoms with Gasteiger partial charge in [0.1, 0.15) is 5.75 Å². The molecular formula is C15H23NO. The predicted molar refractivity (Wildman–Crippen MR) is 71.7 cm³/mol. The van der Waals surface area contributed by atoms with E-state index in [1.54, 1.807) is 7.11 Å². The Hall–Kier alpha value is -1.02. The summed E-state index contributed by atoms with van der Waals surface area (Å²) in [6.07, 6.45) is 6.50. The van der Waals surface area contributed by atoms with Crippen molar-refractivity contribution in [3.8, 4) is 5.75 Å². The minimum absolute atomic E-state index is 0.728. The summed E-state index contributed by atoms with van der Waals surface area (Å²) in [5, 5.41) is 3.60. The molecule has 2 heteroatoms. The van der Waals surface area contributed by atoms with Gasteiger partial charge in [0.2, 0.25) is 0 Å². The van der Waals surface area contributed by atoms with Crippen LogP contribution in [0.4, 0.5) is 0 Å². The largest absolute Gasteiger partial charge is 0.496 e. The maximum Gasteiger partial charge on any atom is 0.121 e. The second-order valence-corrected chi connectivity index (χ2v) is 4.99. The van der Waals surface area contributed by atoms with E-state index < -0.39 is 0 Å². The van der Waals surface area contributed by atoms with Gasteiger partial charge in [0.05, 0.1) is 7.11 Å². The lowest BCUT2D eigenvalue weighted by Gasteiger charge is -2.23. The van der Waals surface area contributed by atoms with Gasteiger partial charge < -0.3 is 10.1 Å². The van der Waals surface area contributed by atoms with Crippen LogP contribution in [0.15, 0.2) is 18.2 Å². The van der Waals surface area contributed by atoms with E-state index in [4.69, 9.17) is 4.74 Å². The molecule has 1 aromatic carbocycles. The van der Waals surface area contributed by atoms with E-state index in [1.807, 2.05) is 0 Å². The molecule has 2 rings (SSSR count). The van der Waals surface area contributed by atoms with Crippen LogP contribution in [0.5, 0.6) is 5.75 Å². The molecule has 1 aliphatic heterocycles.